The number of hydrogen-bond acceptors (Lipinski definition) is 5. The van der Waals surface area contributed by atoms with Gasteiger partial charge in [0.05, 0.1) is 12.4 Å². The van der Waals surface area contributed by atoms with Gasteiger partial charge in [0.25, 0.3) is 0 Å². The smallest absolute Gasteiger partial charge is 0.321 e. The number of aryl methyl sites for hydroxylation is 1. The van der Waals surface area contributed by atoms with E-state index in [0.29, 0.717) is 17.8 Å². The first-order valence-electron chi connectivity index (χ1n) is 7.08. The van der Waals surface area contributed by atoms with Crippen molar-refractivity contribution in [3.63, 3.8) is 0 Å². The molecule has 3 rings (SSSR count). The topological polar surface area (TPSA) is 64.9 Å². The standard InChI is InChI=1S/C14H19N5O/c1-2-5-19-10-13(9-18-19)20-14-16-7-11(8-17-14)6-15-12-3-4-12/h7-10,12,15H,2-6H2,1H3. The first-order valence-corrected chi connectivity index (χ1v) is 7.08. The summed E-state index contributed by atoms with van der Waals surface area (Å²) in [5, 5.41) is 7.63. The number of nitrogens with zero attached hydrogens (tertiary/aromatic N) is 4. The van der Waals surface area contributed by atoms with Crippen molar-refractivity contribution in [2.24, 2.45) is 0 Å². The Kier molecular flexibility index (Phi) is 3.92. The van der Waals surface area contributed by atoms with Gasteiger partial charge in [0.15, 0.2) is 5.75 Å². The summed E-state index contributed by atoms with van der Waals surface area (Å²) in [4.78, 5) is 8.43. The van der Waals surface area contributed by atoms with Crippen LogP contribution in [0.2, 0.25) is 0 Å². The highest BCUT2D eigenvalue weighted by molar-refractivity contribution is 5.18. The number of nitrogens with one attached hydrogen (secondary N) is 1. The van der Waals surface area contributed by atoms with Crippen molar-refractivity contribution in [3.8, 4) is 11.8 Å². The molecule has 0 amide bonds. The molecular formula is C14H19N5O. The minimum atomic E-state index is 0.358. The van der Waals surface area contributed by atoms with Crippen LogP contribution in [0.5, 0.6) is 11.8 Å². The molecule has 20 heavy (non-hydrogen) atoms. The molecule has 0 aliphatic heterocycles. The van der Waals surface area contributed by atoms with Crippen molar-refractivity contribution in [1.29, 1.82) is 0 Å². The van der Waals surface area contributed by atoms with E-state index in [0.717, 1.165) is 25.1 Å². The van der Waals surface area contributed by atoms with Crippen LogP contribution >= 0.6 is 0 Å². The van der Waals surface area contributed by atoms with Gasteiger partial charge in [0.1, 0.15) is 0 Å². The third kappa shape index (κ3) is 3.54. The highest BCUT2D eigenvalue weighted by Crippen LogP contribution is 2.19. The maximum Gasteiger partial charge on any atom is 0.321 e. The molecule has 2 aromatic heterocycles. The number of hydrogen-bond donors (Lipinski definition) is 1. The lowest BCUT2D eigenvalue weighted by Crippen LogP contribution is -2.15. The van der Waals surface area contributed by atoms with Crippen molar-refractivity contribution in [2.75, 3.05) is 0 Å². The molecule has 2 heterocycles. The van der Waals surface area contributed by atoms with Gasteiger partial charge >= 0.3 is 6.01 Å². The number of ether oxygens (including phenoxy) is 1. The summed E-state index contributed by atoms with van der Waals surface area (Å²) < 4.78 is 7.42. The molecule has 0 spiro atoms. The van der Waals surface area contributed by atoms with E-state index in [1.54, 1.807) is 18.6 Å². The van der Waals surface area contributed by atoms with Crippen LogP contribution < -0.4 is 10.1 Å². The lowest BCUT2D eigenvalue weighted by atomic mass is 10.3. The van der Waals surface area contributed by atoms with E-state index in [1.807, 2.05) is 10.9 Å². The average Bonchev–Trinajstić information content (AvgIpc) is 3.19. The van der Waals surface area contributed by atoms with Crippen molar-refractivity contribution < 1.29 is 4.74 Å². The van der Waals surface area contributed by atoms with Crippen LogP contribution in [-0.4, -0.2) is 25.8 Å². The van der Waals surface area contributed by atoms with Crippen molar-refractivity contribution in [3.05, 3.63) is 30.4 Å². The van der Waals surface area contributed by atoms with Gasteiger partial charge in [0.2, 0.25) is 0 Å². The molecule has 1 fully saturated rings. The SMILES string of the molecule is CCCn1cc(Oc2ncc(CNC3CC3)cn2)cn1. The summed E-state index contributed by atoms with van der Waals surface area (Å²) in [7, 11) is 0. The Morgan fingerprint density at radius 2 is 2.10 bits per heavy atom. The molecule has 6 nitrogen and oxygen atoms in total. The van der Waals surface area contributed by atoms with E-state index in [9.17, 15) is 0 Å². The van der Waals surface area contributed by atoms with Crippen LogP contribution in [0.25, 0.3) is 0 Å². The van der Waals surface area contributed by atoms with Crippen LogP contribution in [0.1, 0.15) is 31.7 Å². The zero-order chi connectivity index (χ0) is 13.8. The van der Waals surface area contributed by atoms with Crippen LogP contribution in [0, 0.1) is 0 Å². The van der Waals surface area contributed by atoms with Crippen molar-refractivity contribution in [1.82, 2.24) is 25.1 Å². The first-order chi connectivity index (χ1) is 9.83. The Hall–Kier alpha value is -1.95. The highest BCUT2D eigenvalue weighted by atomic mass is 16.5. The highest BCUT2D eigenvalue weighted by Gasteiger charge is 2.19. The fourth-order valence-electron chi connectivity index (χ4n) is 1.89. The van der Waals surface area contributed by atoms with E-state index < -0.39 is 0 Å². The van der Waals surface area contributed by atoms with Crippen LogP contribution in [0.3, 0.4) is 0 Å². The summed E-state index contributed by atoms with van der Waals surface area (Å²) >= 11 is 0. The Bertz CT molecular complexity index is 547. The summed E-state index contributed by atoms with van der Waals surface area (Å²) in [5.41, 5.74) is 1.07. The minimum absolute atomic E-state index is 0.358. The van der Waals surface area contributed by atoms with Gasteiger partial charge in [0, 0.05) is 37.1 Å². The molecule has 6 heteroatoms. The molecule has 2 aromatic rings. The minimum Gasteiger partial charge on any atom is -0.421 e. The third-order valence-corrected chi connectivity index (χ3v) is 3.13. The lowest BCUT2D eigenvalue weighted by molar-refractivity contribution is 0.439. The molecule has 1 aliphatic rings. The third-order valence-electron chi connectivity index (χ3n) is 3.13. The summed E-state index contributed by atoms with van der Waals surface area (Å²) in [6.45, 7) is 3.81. The lowest BCUT2D eigenvalue weighted by Gasteiger charge is -2.03. The maximum atomic E-state index is 5.57. The monoisotopic (exact) mass is 273 g/mol. The number of rotatable bonds is 7. The van der Waals surface area contributed by atoms with Crippen molar-refractivity contribution in [2.45, 2.75) is 45.3 Å². The predicted octanol–water partition coefficient (Wildman–Crippen LogP) is 2.13. The Morgan fingerprint density at radius 3 is 2.80 bits per heavy atom. The largest absolute Gasteiger partial charge is 0.421 e. The van der Waals surface area contributed by atoms with E-state index in [4.69, 9.17) is 4.74 Å². The van der Waals surface area contributed by atoms with Crippen molar-refractivity contribution >= 4 is 0 Å². The second-order valence-corrected chi connectivity index (χ2v) is 5.07. The first kappa shape index (κ1) is 13.1. The van der Waals surface area contributed by atoms with E-state index >= 15 is 0 Å². The van der Waals surface area contributed by atoms with Crippen LogP contribution in [0.15, 0.2) is 24.8 Å². The van der Waals surface area contributed by atoms with E-state index in [-0.39, 0.29) is 0 Å². The normalized spacial score (nSPS) is 14.4. The van der Waals surface area contributed by atoms with Gasteiger partial charge in [-0.25, -0.2) is 9.97 Å². The molecule has 1 saturated carbocycles. The van der Waals surface area contributed by atoms with Crippen LogP contribution in [-0.2, 0) is 13.1 Å². The Balaban J connectivity index is 1.55. The molecule has 1 N–H and O–H groups in total. The molecule has 0 unspecified atom stereocenters. The van der Waals surface area contributed by atoms with Gasteiger partial charge in [-0.1, -0.05) is 6.92 Å². The molecule has 0 aromatic carbocycles. The van der Waals surface area contributed by atoms with Gasteiger partial charge < -0.3 is 10.1 Å². The molecule has 0 atom stereocenters. The molecule has 1 aliphatic carbocycles. The summed E-state index contributed by atoms with van der Waals surface area (Å²) in [6, 6.07) is 1.05. The zero-order valence-corrected chi connectivity index (χ0v) is 11.6. The Morgan fingerprint density at radius 1 is 1.30 bits per heavy atom. The second-order valence-electron chi connectivity index (χ2n) is 5.07. The Labute approximate surface area is 118 Å². The average molecular weight is 273 g/mol. The predicted molar refractivity (Wildman–Crippen MR) is 74.5 cm³/mol. The van der Waals surface area contributed by atoms with Gasteiger partial charge in [-0.15, -0.1) is 0 Å². The number of aromatic nitrogens is 4. The van der Waals surface area contributed by atoms with Gasteiger partial charge in [-0.3, -0.25) is 4.68 Å². The van der Waals surface area contributed by atoms with Gasteiger partial charge in [-0.2, -0.15) is 5.10 Å². The van der Waals surface area contributed by atoms with Crippen LogP contribution in [0.4, 0.5) is 0 Å². The van der Waals surface area contributed by atoms with E-state index in [1.165, 1.54) is 12.8 Å². The second kappa shape index (κ2) is 6.00. The fourth-order valence-corrected chi connectivity index (χ4v) is 1.89. The summed E-state index contributed by atoms with van der Waals surface area (Å²) in [6.07, 6.45) is 10.7. The molecule has 106 valence electrons. The zero-order valence-electron chi connectivity index (χ0n) is 11.6. The fraction of sp³-hybridized carbons (Fsp3) is 0.500. The molecule has 0 radical (unpaired) electrons. The maximum absolute atomic E-state index is 5.57. The molecule has 0 bridgehead atoms. The molecular weight excluding hydrogens is 254 g/mol. The van der Waals surface area contributed by atoms with E-state index in [2.05, 4.69) is 27.3 Å². The summed E-state index contributed by atoms with van der Waals surface area (Å²) in [5.74, 6) is 0.669. The molecule has 0 saturated heterocycles. The van der Waals surface area contributed by atoms with Gasteiger partial charge in [-0.05, 0) is 19.3 Å². The quantitative estimate of drug-likeness (QED) is 0.837.